The molecule has 432 valence electrons. The number of rotatable bonds is 10. The maximum absolute atomic E-state index is 15.3. The van der Waals surface area contributed by atoms with Crippen LogP contribution in [0.4, 0.5) is 0 Å². The molecule has 9 aliphatic rings. The van der Waals surface area contributed by atoms with Crippen molar-refractivity contribution in [2.24, 2.45) is 50.2 Å². The average Bonchev–Trinajstić information content (AvgIpc) is 3.34. The molecule has 2 unspecified atom stereocenters. The lowest BCUT2D eigenvalue weighted by Gasteiger charge is -2.71. The molecule has 4 saturated carbocycles. The Morgan fingerprint density at radius 3 is 1.84 bits per heavy atom. The highest BCUT2D eigenvalue weighted by Gasteiger charge is 2.73. The molecule has 9 rings (SSSR count). The first-order valence-corrected chi connectivity index (χ1v) is 26.8. The standard InChI is InChI=1S/C52H80O24/c1-20-36(72-41-33(61)28(56)24(54)18-69-41)32(60)35(63)42(71-20)74-38-29(57)25(55)19-70-44(38)76-46(68)52-14-12-47(2,3)16-22(52)21-8-9-26-48(4)17-23(53)39(75-43-34(62)30(58)31(59)37(73-43)40(64)65)51(7,45(66)67)27(48)10-11-50(26,6)49(21,5)13-15-52/h8,20,22-39,41-44,53-63H,9-19H2,1-7H3,(H,64,65)(H,66,67)/t20-,22-,23-,24+,25-,26?,27?,28-,29-,30-,31-,32-,33+,34+,35+,36-,37-,38+,39-,41-,42-,43-,44-,48+,49+,50+,51+,52-/m1/s1. The fourth-order valence-corrected chi connectivity index (χ4v) is 16.0. The van der Waals surface area contributed by atoms with Gasteiger partial charge in [0.05, 0.1) is 36.3 Å². The molecule has 8 fully saturated rings. The third-order valence-corrected chi connectivity index (χ3v) is 20.6. The van der Waals surface area contributed by atoms with Gasteiger partial charge in [0.2, 0.25) is 6.29 Å². The van der Waals surface area contributed by atoms with E-state index in [0.717, 1.165) is 5.57 Å². The molecule has 0 bridgehead atoms. The Morgan fingerprint density at radius 2 is 1.18 bits per heavy atom. The fraction of sp³-hybridized carbons (Fsp3) is 0.904. The van der Waals surface area contributed by atoms with Crippen molar-refractivity contribution in [2.45, 2.75) is 229 Å². The van der Waals surface area contributed by atoms with Crippen molar-refractivity contribution in [1.29, 1.82) is 0 Å². The zero-order chi connectivity index (χ0) is 55.7. The number of esters is 1. The summed E-state index contributed by atoms with van der Waals surface area (Å²) in [5, 5.41) is 140. The molecule has 0 aromatic heterocycles. The van der Waals surface area contributed by atoms with Gasteiger partial charge in [-0.1, -0.05) is 46.3 Å². The molecule has 0 amide bonds. The topological polar surface area (TPSA) is 388 Å². The van der Waals surface area contributed by atoms with Crippen LogP contribution < -0.4 is 0 Å². The molecule has 28 atom stereocenters. The van der Waals surface area contributed by atoms with E-state index in [1.807, 2.05) is 6.92 Å². The summed E-state index contributed by atoms with van der Waals surface area (Å²) in [5.74, 6) is -4.75. The normalized spacial score (nSPS) is 54.1. The quantitative estimate of drug-likeness (QED) is 0.0665. The van der Waals surface area contributed by atoms with Gasteiger partial charge >= 0.3 is 17.9 Å². The highest BCUT2D eigenvalue weighted by atomic mass is 16.8. The van der Waals surface area contributed by atoms with Crippen LogP contribution in [0.5, 0.6) is 0 Å². The minimum atomic E-state index is -2.01. The lowest BCUT2D eigenvalue weighted by Crippen LogP contribution is -2.70. The van der Waals surface area contributed by atoms with Crippen LogP contribution in [-0.4, -0.2) is 220 Å². The first-order valence-electron chi connectivity index (χ1n) is 26.8. The molecule has 24 nitrogen and oxygen atoms in total. The van der Waals surface area contributed by atoms with Crippen molar-refractivity contribution in [2.75, 3.05) is 13.2 Å². The number of carboxylic acids is 2. The number of carbonyl (C=O) groups excluding carboxylic acids is 1. The van der Waals surface area contributed by atoms with Crippen LogP contribution in [0.15, 0.2) is 11.6 Å². The van der Waals surface area contributed by atoms with Crippen LogP contribution in [0.3, 0.4) is 0 Å². The molecule has 76 heavy (non-hydrogen) atoms. The van der Waals surface area contributed by atoms with Gasteiger partial charge in [-0.25, -0.2) is 4.79 Å². The highest BCUT2D eigenvalue weighted by Crippen LogP contribution is 2.76. The molecular weight excluding hydrogens is 1010 g/mol. The Bertz CT molecular complexity index is 2220. The zero-order valence-electron chi connectivity index (χ0n) is 43.9. The van der Waals surface area contributed by atoms with Gasteiger partial charge < -0.3 is 104 Å². The molecule has 4 heterocycles. The number of aliphatic carboxylic acids is 2. The van der Waals surface area contributed by atoms with Crippen LogP contribution in [-0.2, 0) is 52.3 Å². The minimum Gasteiger partial charge on any atom is -0.481 e. The smallest absolute Gasteiger partial charge is 0.335 e. The van der Waals surface area contributed by atoms with E-state index in [2.05, 4.69) is 33.8 Å². The van der Waals surface area contributed by atoms with Gasteiger partial charge in [0.25, 0.3) is 0 Å². The molecule has 4 aliphatic heterocycles. The van der Waals surface area contributed by atoms with E-state index in [0.29, 0.717) is 51.4 Å². The number of aliphatic hydroxyl groups excluding tert-OH is 11. The van der Waals surface area contributed by atoms with Gasteiger partial charge in [-0.05, 0) is 111 Å². The van der Waals surface area contributed by atoms with E-state index in [1.165, 1.54) is 13.8 Å². The Kier molecular flexibility index (Phi) is 15.6. The van der Waals surface area contributed by atoms with Crippen molar-refractivity contribution >= 4 is 17.9 Å². The largest absolute Gasteiger partial charge is 0.481 e. The van der Waals surface area contributed by atoms with Crippen molar-refractivity contribution < 1.29 is 119 Å². The second kappa shape index (κ2) is 20.4. The third kappa shape index (κ3) is 9.09. The number of allylic oxidation sites excluding steroid dienone is 2. The predicted octanol–water partition coefficient (Wildman–Crippen LogP) is -1.60. The summed E-state index contributed by atoms with van der Waals surface area (Å²) in [6, 6.07) is 0. The number of ether oxygens (including phenoxy) is 8. The molecule has 24 heteroatoms. The van der Waals surface area contributed by atoms with Gasteiger partial charge in [0.15, 0.2) is 31.1 Å². The Morgan fingerprint density at radius 1 is 0.592 bits per heavy atom. The van der Waals surface area contributed by atoms with Crippen molar-refractivity contribution in [3.8, 4) is 0 Å². The van der Waals surface area contributed by atoms with E-state index in [9.17, 15) is 76.0 Å². The van der Waals surface area contributed by atoms with Crippen LogP contribution in [0.2, 0.25) is 0 Å². The Balaban J connectivity index is 0.957. The van der Waals surface area contributed by atoms with Crippen LogP contribution >= 0.6 is 0 Å². The Hall–Kier alpha value is -2.57. The molecule has 0 aromatic rings. The number of fused-ring (bicyclic) bond motifs is 7. The first-order chi connectivity index (χ1) is 35.4. The summed E-state index contributed by atoms with van der Waals surface area (Å²) in [6.07, 6.45) is -27.3. The van der Waals surface area contributed by atoms with E-state index in [4.69, 9.17) is 37.9 Å². The second-order valence-electron chi connectivity index (χ2n) is 25.3. The van der Waals surface area contributed by atoms with Gasteiger partial charge in [0.1, 0.15) is 73.2 Å². The monoisotopic (exact) mass is 1090 g/mol. The SMILES string of the molecule is C[C@H]1O[C@H](O[C@@H]2[C@@H](OC(=O)[C@@]34CCC(C)(C)C[C@@H]3C3=CCC5[C@]6(C)C[C@@H](O)[C@@H](O[C@H]7O[C@@H](C(=O)O)[C@H](O)[C@@H](O)[C@@H]7O)[C@@](C)(C(=O)O)C6CC[C@]5(C)[C@@]3(C)CC4)OC[C@@H](O)[C@H]2O)[C@@H](O)[C@@H](O)[C@@H]1O[C@H]1OC[C@H](O)[C@@H](O)[C@@H]1O. The highest BCUT2D eigenvalue weighted by molar-refractivity contribution is 5.79. The maximum atomic E-state index is 15.3. The van der Waals surface area contributed by atoms with Crippen molar-refractivity contribution in [3.05, 3.63) is 11.6 Å². The summed E-state index contributed by atoms with van der Waals surface area (Å²) >= 11 is 0. The van der Waals surface area contributed by atoms with Gasteiger partial charge in [-0.2, -0.15) is 0 Å². The second-order valence-corrected chi connectivity index (χ2v) is 25.3. The number of aliphatic hydroxyl groups is 11. The Labute approximate surface area is 439 Å². The lowest BCUT2D eigenvalue weighted by molar-refractivity contribution is -0.368. The van der Waals surface area contributed by atoms with Crippen LogP contribution in [0, 0.1) is 50.2 Å². The first kappa shape index (κ1) is 58.1. The summed E-state index contributed by atoms with van der Waals surface area (Å²) in [4.78, 5) is 40.9. The molecule has 4 saturated heterocycles. The van der Waals surface area contributed by atoms with E-state index < -0.39 is 180 Å². The number of carboxylic acid groups (broad SMARTS) is 2. The molecule has 0 aromatic carbocycles. The van der Waals surface area contributed by atoms with E-state index >= 15 is 4.79 Å². The van der Waals surface area contributed by atoms with Gasteiger partial charge in [-0.15, -0.1) is 0 Å². The summed E-state index contributed by atoms with van der Waals surface area (Å²) in [6.45, 7) is 12.8. The minimum absolute atomic E-state index is 0.0600. The lowest BCUT2D eigenvalue weighted by atomic mass is 9.33. The van der Waals surface area contributed by atoms with Crippen molar-refractivity contribution in [1.82, 2.24) is 0 Å². The number of hydrogen-bond acceptors (Lipinski definition) is 22. The molecular formula is C52H80O24. The van der Waals surface area contributed by atoms with Gasteiger partial charge in [0, 0.05) is 0 Å². The average molecular weight is 1090 g/mol. The van der Waals surface area contributed by atoms with Gasteiger partial charge in [-0.3, -0.25) is 9.59 Å². The summed E-state index contributed by atoms with van der Waals surface area (Å²) < 4.78 is 46.7. The molecule has 5 aliphatic carbocycles. The molecule has 13 N–H and O–H groups in total. The summed E-state index contributed by atoms with van der Waals surface area (Å²) in [7, 11) is 0. The molecule has 0 spiro atoms. The zero-order valence-corrected chi connectivity index (χ0v) is 43.9. The van der Waals surface area contributed by atoms with Crippen molar-refractivity contribution in [3.63, 3.8) is 0 Å². The van der Waals surface area contributed by atoms with Crippen LogP contribution in [0.1, 0.15) is 106 Å². The number of hydrogen-bond donors (Lipinski definition) is 13. The maximum Gasteiger partial charge on any atom is 0.335 e. The number of carbonyl (C=O) groups is 3. The van der Waals surface area contributed by atoms with E-state index in [1.54, 1.807) is 0 Å². The van der Waals surface area contributed by atoms with E-state index in [-0.39, 0.29) is 30.3 Å². The summed E-state index contributed by atoms with van der Waals surface area (Å²) in [5.41, 5.74) is -4.00. The molecule has 0 radical (unpaired) electrons. The third-order valence-electron chi connectivity index (χ3n) is 20.6. The van der Waals surface area contributed by atoms with Crippen LogP contribution in [0.25, 0.3) is 0 Å². The fourth-order valence-electron chi connectivity index (χ4n) is 16.0. The predicted molar refractivity (Wildman–Crippen MR) is 253 cm³/mol.